The topological polar surface area (TPSA) is 29.5 Å². The molecule has 2 aromatic rings. The van der Waals surface area contributed by atoms with Gasteiger partial charge in [-0.15, -0.1) is 0 Å². The van der Waals surface area contributed by atoms with Crippen molar-refractivity contribution in [3.8, 4) is 0 Å². The molecule has 3 nitrogen and oxygen atoms in total. The summed E-state index contributed by atoms with van der Waals surface area (Å²) in [4.78, 5) is 13.9. The molecule has 0 aliphatic carbocycles. The average molecular weight is 269 g/mol. The molecule has 20 heavy (non-hydrogen) atoms. The Balaban J connectivity index is 2.01. The highest BCUT2D eigenvalue weighted by Gasteiger charge is 2.15. The number of carbonyl (C=O) groups is 1. The molecule has 1 amide bonds. The van der Waals surface area contributed by atoms with Crippen LogP contribution in [0.25, 0.3) is 0 Å². The fourth-order valence-electron chi connectivity index (χ4n) is 1.95. The molecule has 0 aliphatic rings. The Morgan fingerprint density at radius 1 is 1.00 bits per heavy atom. The summed E-state index contributed by atoms with van der Waals surface area (Å²) in [6.07, 6.45) is 0.580. The molecule has 0 aliphatic heterocycles. The number of anilines is 1. The van der Waals surface area contributed by atoms with E-state index in [0.29, 0.717) is 13.2 Å². The zero-order chi connectivity index (χ0) is 14.2. The maximum absolute atomic E-state index is 12.2. The van der Waals surface area contributed by atoms with Crippen molar-refractivity contribution in [1.29, 1.82) is 0 Å². The molecule has 0 fully saturated rings. The van der Waals surface area contributed by atoms with Gasteiger partial charge in [-0.2, -0.15) is 0 Å². The lowest BCUT2D eigenvalue weighted by molar-refractivity contribution is 0.147. The largest absolute Gasteiger partial charge is 0.444 e. The molecule has 0 heterocycles. The van der Waals surface area contributed by atoms with Gasteiger partial charge in [0, 0.05) is 12.2 Å². The Hall–Kier alpha value is -2.29. The van der Waals surface area contributed by atoms with E-state index in [-0.39, 0.29) is 6.09 Å². The molecule has 2 aromatic carbocycles. The van der Waals surface area contributed by atoms with Gasteiger partial charge in [-0.1, -0.05) is 55.5 Å². The van der Waals surface area contributed by atoms with Gasteiger partial charge < -0.3 is 4.74 Å². The van der Waals surface area contributed by atoms with Crippen molar-refractivity contribution < 1.29 is 9.53 Å². The van der Waals surface area contributed by atoms with Gasteiger partial charge in [0.25, 0.3) is 0 Å². The number of benzene rings is 2. The first kappa shape index (κ1) is 14.1. The van der Waals surface area contributed by atoms with Gasteiger partial charge in [0.15, 0.2) is 0 Å². The van der Waals surface area contributed by atoms with Crippen LogP contribution in [0.5, 0.6) is 0 Å². The predicted molar refractivity (Wildman–Crippen MR) is 80.7 cm³/mol. The molecule has 0 bridgehead atoms. The number of rotatable bonds is 5. The Bertz CT molecular complexity index is 525. The quantitative estimate of drug-likeness (QED) is 0.812. The van der Waals surface area contributed by atoms with Crippen molar-refractivity contribution in [2.75, 3.05) is 11.4 Å². The fraction of sp³-hybridized carbons (Fsp3) is 0.235. The molecule has 0 saturated carbocycles. The molecule has 2 rings (SSSR count). The minimum Gasteiger partial charge on any atom is -0.444 e. The highest BCUT2D eigenvalue weighted by molar-refractivity contribution is 5.87. The summed E-state index contributed by atoms with van der Waals surface area (Å²) in [6, 6.07) is 19.3. The van der Waals surface area contributed by atoms with Gasteiger partial charge in [-0.25, -0.2) is 4.79 Å². The monoisotopic (exact) mass is 269 g/mol. The Morgan fingerprint density at radius 2 is 1.60 bits per heavy atom. The smallest absolute Gasteiger partial charge is 0.414 e. The van der Waals surface area contributed by atoms with E-state index in [1.165, 1.54) is 0 Å². The van der Waals surface area contributed by atoms with E-state index in [9.17, 15) is 4.79 Å². The van der Waals surface area contributed by atoms with Gasteiger partial charge in [-0.05, 0) is 24.1 Å². The lowest BCUT2D eigenvalue weighted by Crippen LogP contribution is -2.32. The molecule has 0 spiro atoms. The summed E-state index contributed by atoms with van der Waals surface area (Å²) >= 11 is 0. The summed E-state index contributed by atoms with van der Waals surface area (Å²) in [6.45, 7) is 2.99. The minimum atomic E-state index is -0.304. The number of carbonyl (C=O) groups excluding carboxylic acids is 1. The van der Waals surface area contributed by atoms with E-state index in [1.54, 1.807) is 4.90 Å². The average Bonchev–Trinajstić information content (AvgIpc) is 2.52. The van der Waals surface area contributed by atoms with E-state index in [1.807, 2.05) is 67.6 Å². The normalized spacial score (nSPS) is 10.1. The number of para-hydroxylation sites is 1. The first-order valence-corrected chi connectivity index (χ1v) is 6.84. The Labute approximate surface area is 119 Å². The third-order valence-corrected chi connectivity index (χ3v) is 2.94. The molecule has 0 saturated heterocycles. The maximum atomic E-state index is 12.2. The summed E-state index contributed by atoms with van der Waals surface area (Å²) in [5.41, 5.74) is 1.86. The molecule has 0 radical (unpaired) electrons. The first-order chi connectivity index (χ1) is 9.81. The van der Waals surface area contributed by atoms with E-state index >= 15 is 0 Å². The van der Waals surface area contributed by atoms with E-state index in [4.69, 9.17) is 4.74 Å². The van der Waals surface area contributed by atoms with Crippen molar-refractivity contribution >= 4 is 11.8 Å². The van der Waals surface area contributed by atoms with Crippen LogP contribution >= 0.6 is 0 Å². The molecule has 104 valence electrons. The van der Waals surface area contributed by atoms with E-state index < -0.39 is 0 Å². The van der Waals surface area contributed by atoms with Crippen LogP contribution in [0.4, 0.5) is 10.5 Å². The lowest BCUT2D eigenvalue weighted by Gasteiger charge is -2.21. The zero-order valence-electron chi connectivity index (χ0n) is 11.7. The second kappa shape index (κ2) is 7.34. The summed E-state index contributed by atoms with van der Waals surface area (Å²) in [5.74, 6) is 0. The van der Waals surface area contributed by atoms with Crippen LogP contribution in [0, 0.1) is 0 Å². The third kappa shape index (κ3) is 3.85. The van der Waals surface area contributed by atoms with Gasteiger partial charge in [0.1, 0.15) is 6.61 Å². The number of ether oxygens (including phenoxy) is 1. The Morgan fingerprint density at radius 3 is 2.20 bits per heavy atom. The summed E-state index contributed by atoms with van der Waals surface area (Å²) in [5, 5.41) is 0. The summed E-state index contributed by atoms with van der Waals surface area (Å²) in [7, 11) is 0. The van der Waals surface area contributed by atoms with E-state index in [2.05, 4.69) is 0 Å². The second-order valence-electron chi connectivity index (χ2n) is 4.53. The van der Waals surface area contributed by atoms with Crippen LogP contribution in [0.1, 0.15) is 18.9 Å². The third-order valence-electron chi connectivity index (χ3n) is 2.94. The molecular weight excluding hydrogens is 250 g/mol. The number of hydrogen-bond donors (Lipinski definition) is 0. The van der Waals surface area contributed by atoms with Crippen LogP contribution in [-0.4, -0.2) is 12.6 Å². The van der Waals surface area contributed by atoms with Crippen molar-refractivity contribution in [2.24, 2.45) is 0 Å². The maximum Gasteiger partial charge on any atom is 0.414 e. The van der Waals surface area contributed by atoms with Crippen LogP contribution in [0.3, 0.4) is 0 Å². The van der Waals surface area contributed by atoms with Crippen LogP contribution < -0.4 is 4.90 Å². The van der Waals surface area contributed by atoms with E-state index in [0.717, 1.165) is 17.7 Å². The predicted octanol–water partition coefficient (Wildman–Crippen LogP) is 4.24. The van der Waals surface area contributed by atoms with Crippen molar-refractivity contribution in [1.82, 2.24) is 0 Å². The van der Waals surface area contributed by atoms with Gasteiger partial charge in [0.2, 0.25) is 0 Å². The first-order valence-electron chi connectivity index (χ1n) is 6.84. The molecule has 0 N–H and O–H groups in total. The Kier molecular flexibility index (Phi) is 5.18. The highest BCUT2D eigenvalue weighted by atomic mass is 16.6. The van der Waals surface area contributed by atoms with Gasteiger partial charge in [-0.3, -0.25) is 4.90 Å². The number of hydrogen-bond acceptors (Lipinski definition) is 2. The van der Waals surface area contributed by atoms with Crippen LogP contribution in [0.2, 0.25) is 0 Å². The van der Waals surface area contributed by atoms with Crippen LogP contribution in [0.15, 0.2) is 60.7 Å². The molecule has 3 heteroatoms. The molecule has 0 unspecified atom stereocenters. The van der Waals surface area contributed by atoms with Gasteiger partial charge in [0.05, 0.1) is 0 Å². The van der Waals surface area contributed by atoms with Crippen molar-refractivity contribution in [3.63, 3.8) is 0 Å². The molecule has 0 atom stereocenters. The zero-order valence-corrected chi connectivity index (χ0v) is 11.7. The van der Waals surface area contributed by atoms with Gasteiger partial charge >= 0.3 is 6.09 Å². The minimum absolute atomic E-state index is 0.298. The van der Waals surface area contributed by atoms with Crippen LogP contribution in [-0.2, 0) is 11.3 Å². The second-order valence-corrected chi connectivity index (χ2v) is 4.53. The highest BCUT2D eigenvalue weighted by Crippen LogP contribution is 2.15. The molecular formula is C17H19NO2. The fourth-order valence-corrected chi connectivity index (χ4v) is 1.95. The number of amides is 1. The van der Waals surface area contributed by atoms with Crippen molar-refractivity contribution in [3.05, 3.63) is 66.2 Å². The van der Waals surface area contributed by atoms with Crippen molar-refractivity contribution in [2.45, 2.75) is 20.0 Å². The summed E-state index contributed by atoms with van der Waals surface area (Å²) < 4.78 is 5.38. The SMILES string of the molecule is CCCN(C(=O)OCc1ccccc1)c1ccccc1. The number of nitrogens with zero attached hydrogens (tertiary/aromatic N) is 1. The standard InChI is InChI=1S/C17H19NO2/c1-2-13-18(16-11-7-4-8-12-16)17(19)20-14-15-9-5-3-6-10-15/h3-12H,2,13-14H2,1H3. The molecule has 0 aromatic heterocycles. The lowest BCUT2D eigenvalue weighted by atomic mass is 10.2.